The number of methoxy groups -OCH3 is 1. The summed E-state index contributed by atoms with van der Waals surface area (Å²) >= 11 is 0. The Balaban J connectivity index is 1.90. The van der Waals surface area contributed by atoms with E-state index < -0.39 is 0 Å². The lowest BCUT2D eigenvalue weighted by atomic mass is 9.78. The Morgan fingerprint density at radius 2 is 2.30 bits per heavy atom. The summed E-state index contributed by atoms with van der Waals surface area (Å²) < 4.78 is 5.38. The van der Waals surface area contributed by atoms with Gasteiger partial charge in [-0.3, -0.25) is 4.98 Å². The summed E-state index contributed by atoms with van der Waals surface area (Å²) in [6.07, 6.45) is 4.28. The molecule has 3 aliphatic heterocycles. The molecular formula is C16H19N3O. The SMILES string of the molecule is COc1ccc2ccnc(C34CCC(CN3)NC4)c2c1. The van der Waals surface area contributed by atoms with Gasteiger partial charge in [0.2, 0.25) is 0 Å². The van der Waals surface area contributed by atoms with E-state index in [0.29, 0.717) is 6.04 Å². The zero-order valence-electron chi connectivity index (χ0n) is 11.6. The Morgan fingerprint density at radius 3 is 3.00 bits per heavy atom. The molecule has 0 spiro atoms. The predicted octanol–water partition coefficient (Wildman–Crippen LogP) is 1.79. The standard InChI is InChI=1S/C16H19N3O/c1-20-13-3-2-11-5-7-17-15(14(11)8-13)16-6-4-12(9-19-16)18-10-16/h2-3,5,7-8,12,18-19H,4,6,9-10H2,1H3. The van der Waals surface area contributed by atoms with Crippen molar-refractivity contribution in [2.75, 3.05) is 20.2 Å². The molecule has 3 aliphatic rings. The highest BCUT2D eigenvalue weighted by atomic mass is 16.5. The topological polar surface area (TPSA) is 46.2 Å². The maximum Gasteiger partial charge on any atom is 0.119 e. The number of benzene rings is 1. The first-order chi connectivity index (χ1) is 9.81. The predicted molar refractivity (Wildman–Crippen MR) is 79.0 cm³/mol. The van der Waals surface area contributed by atoms with Crippen LogP contribution in [0.5, 0.6) is 5.75 Å². The summed E-state index contributed by atoms with van der Waals surface area (Å²) in [6.45, 7) is 1.99. The largest absolute Gasteiger partial charge is 0.497 e. The Labute approximate surface area is 118 Å². The molecule has 2 aromatic rings. The van der Waals surface area contributed by atoms with Gasteiger partial charge in [0.15, 0.2) is 0 Å². The van der Waals surface area contributed by atoms with Gasteiger partial charge in [0, 0.05) is 30.7 Å². The van der Waals surface area contributed by atoms with Crippen LogP contribution in [0.4, 0.5) is 0 Å². The maximum absolute atomic E-state index is 5.38. The highest BCUT2D eigenvalue weighted by molar-refractivity contribution is 5.86. The lowest BCUT2D eigenvalue weighted by Gasteiger charge is -2.48. The second-order valence-corrected chi connectivity index (χ2v) is 5.83. The van der Waals surface area contributed by atoms with Crippen LogP contribution in [0, 0.1) is 0 Å². The first kappa shape index (κ1) is 12.1. The van der Waals surface area contributed by atoms with E-state index in [9.17, 15) is 0 Å². The Kier molecular flexibility index (Phi) is 2.69. The van der Waals surface area contributed by atoms with Crippen LogP contribution in [0.3, 0.4) is 0 Å². The number of fused-ring (bicyclic) bond motifs is 4. The molecule has 1 aromatic carbocycles. The van der Waals surface area contributed by atoms with Gasteiger partial charge >= 0.3 is 0 Å². The zero-order chi connectivity index (χ0) is 13.6. The second kappa shape index (κ2) is 4.43. The van der Waals surface area contributed by atoms with Crippen molar-refractivity contribution >= 4 is 10.8 Å². The summed E-state index contributed by atoms with van der Waals surface area (Å²) in [7, 11) is 1.71. The van der Waals surface area contributed by atoms with Gasteiger partial charge in [-0.25, -0.2) is 0 Å². The third-order valence-electron chi connectivity index (χ3n) is 4.73. The molecule has 0 aliphatic carbocycles. The van der Waals surface area contributed by atoms with Crippen molar-refractivity contribution in [2.24, 2.45) is 0 Å². The van der Waals surface area contributed by atoms with Gasteiger partial charge in [0.1, 0.15) is 5.75 Å². The smallest absolute Gasteiger partial charge is 0.119 e. The Morgan fingerprint density at radius 1 is 1.35 bits per heavy atom. The number of rotatable bonds is 2. The van der Waals surface area contributed by atoms with Crippen LogP contribution in [0.2, 0.25) is 0 Å². The van der Waals surface area contributed by atoms with Gasteiger partial charge in [-0.1, -0.05) is 6.07 Å². The third kappa shape index (κ3) is 1.72. The molecule has 4 heteroatoms. The van der Waals surface area contributed by atoms with Crippen molar-refractivity contribution in [3.05, 3.63) is 36.2 Å². The summed E-state index contributed by atoms with van der Waals surface area (Å²) in [5.41, 5.74) is 1.13. The van der Waals surface area contributed by atoms with E-state index in [4.69, 9.17) is 9.72 Å². The molecule has 3 fully saturated rings. The summed E-state index contributed by atoms with van der Waals surface area (Å²) in [5.74, 6) is 0.889. The number of piperazine rings is 1. The lowest BCUT2D eigenvalue weighted by Crippen LogP contribution is -2.65. The molecule has 4 nitrogen and oxygen atoms in total. The van der Waals surface area contributed by atoms with Crippen LogP contribution in [0.15, 0.2) is 30.5 Å². The van der Waals surface area contributed by atoms with Gasteiger partial charge in [0.25, 0.3) is 0 Å². The number of hydrogen-bond acceptors (Lipinski definition) is 4. The highest BCUT2D eigenvalue weighted by Gasteiger charge is 2.43. The summed E-state index contributed by atoms with van der Waals surface area (Å²) in [5, 5.41) is 9.75. The van der Waals surface area contributed by atoms with E-state index in [0.717, 1.165) is 31.0 Å². The van der Waals surface area contributed by atoms with Crippen molar-refractivity contribution in [1.82, 2.24) is 15.6 Å². The molecule has 104 valence electrons. The van der Waals surface area contributed by atoms with Crippen molar-refractivity contribution in [3.8, 4) is 5.75 Å². The van der Waals surface area contributed by atoms with E-state index in [-0.39, 0.29) is 5.54 Å². The molecular weight excluding hydrogens is 250 g/mol. The number of hydrogen-bond donors (Lipinski definition) is 2. The minimum Gasteiger partial charge on any atom is -0.497 e. The molecule has 20 heavy (non-hydrogen) atoms. The van der Waals surface area contributed by atoms with E-state index in [1.807, 2.05) is 12.3 Å². The fourth-order valence-corrected chi connectivity index (χ4v) is 3.51. The van der Waals surface area contributed by atoms with Crippen molar-refractivity contribution in [1.29, 1.82) is 0 Å². The number of nitrogens with zero attached hydrogens (tertiary/aromatic N) is 1. The number of piperidine rings is 2. The quantitative estimate of drug-likeness (QED) is 0.872. The summed E-state index contributed by atoms with van der Waals surface area (Å²) in [4.78, 5) is 4.72. The van der Waals surface area contributed by atoms with Gasteiger partial charge in [-0.05, 0) is 36.4 Å². The van der Waals surface area contributed by atoms with Crippen LogP contribution in [-0.2, 0) is 5.54 Å². The van der Waals surface area contributed by atoms with Gasteiger partial charge in [-0.2, -0.15) is 0 Å². The van der Waals surface area contributed by atoms with E-state index >= 15 is 0 Å². The third-order valence-corrected chi connectivity index (χ3v) is 4.73. The molecule has 0 saturated carbocycles. The van der Waals surface area contributed by atoms with Crippen LogP contribution >= 0.6 is 0 Å². The lowest BCUT2D eigenvalue weighted by molar-refractivity contribution is 0.147. The molecule has 5 rings (SSSR count). The molecule has 3 saturated heterocycles. The monoisotopic (exact) mass is 269 g/mol. The molecule has 4 heterocycles. The molecule has 0 amide bonds. The second-order valence-electron chi connectivity index (χ2n) is 5.83. The van der Waals surface area contributed by atoms with E-state index in [2.05, 4.69) is 28.8 Å². The van der Waals surface area contributed by atoms with Crippen molar-refractivity contribution in [2.45, 2.75) is 24.4 Å². The minimum atomic E-state index is -0.0272. The Hall–Kier alpha value is -1.65. The molecule has 2 atom stereocenters. The van der Waals surface area contributed by atoms with E-state index in [1.54, 1.807) is 7.11 Å². The first-order valence-corrected chi connectivity index (χ1v) is 7.22. The fraction of sp³-hybridized carbons (Fsp3) is 0.438. The summed E-state index contributed by atoms with van der Waals surface area (Å²) in [6, 6.07) is 8.91. The van der Waals surface area contributed by atoms with Crippen LogP contribution in [0.1, 0.15) is 18.5 Å². The highest BCUT2D eigenvalue weighted by Crippen LogP contribution is 2.37. The number of nitrogens with one attached hydrogen (secondary N) is 2. The van der Waals surface area contributed by atoms with Gasteiger partial charge in [-0.15, -0.1) is 0 Å². The van der Waals surface area contributed by atoms with Gasteiger partial charge in [0.05, 0.1) is 18.3 Å². The first-order valence-electron chi connectivity index (χ1n) is 7.22. The zero-order valence-corrected chi connectivity index (χ0v) is 11.6. The molecule has 0 radical (unpaired) electrons. The molecule has 2 N–H and O–H groups in total. The minimum absolute atomic E-state index is 0.0272. The fourth-order valence-electron chi connectivity index (χ4n) is 3.51. The average molecular weight is 269 g/mol. The van der Waals surface area contributed by atoms with E-state index in [1.165, 1.54) is 17.2 Å². The maximum atomic E-state index is 5.38. The molecule has 2 bridgehead atoms. The van der Waals surface area contributed by atoms with Crippen LogP contribution in [0.25, 0.3) is 10.8 Å². The number of aromatic nitrogens is 1. The van der Waals surface area contributed by atoms with Crippen molar-refractivity contribution < 1.29 is 4.74 Å². The molecule has 1 aromatic heterocycles. The van der Waals surface area contributed by atoms with Crippen LogP contribution < -0.4 is 15.4 Å². The van der Waals surface area contributed by atoms with Gasteiger partial charge < -0.3 is 15.4 Å². The number of ether oxygens (including phenoxy) is 1. The Bertz CT molecular complexity index is 633. The van der Waals surface area contributed by atoms with Crippen LogP contribution in [-0.4, -0.2) is 31.2 Å². The average Bonchev–Trinajstić information content (AvgIpc) is 2.55. The molecule has 2 unspecified atom stereocenters. The number of pyridine rings is 1. The normalized spacial score (nSPS) is 28.8. The van der Waals surface area contributed by atoms with Crippen molar-refractivity contribution in [3.63, 3.8) is 0 Å².